The Morgan fingerprint density at radius 2 is 2.00 bits per heavy atom. The summed E-state index contributed by atoms with van der Waals surface area (Å²) >= 11 is 0. The summed E-state index contributed by atoms with van der Waals surface area (Å²) in [5, 5.41) is 14.9. The van der Waals surface area contributed by atoms with Gasteiger partial charge >= 0.3 is 0 Å². The Labute approximate surface area is 196 Å². The van der Waals surface area contributed by atoms with Crippen LogP contribution in [0, 0.1) is 11.6 Å². The lowest BCUT2D eigenvalue weighted by Gasteiger charge is -2.28. The van der Waals surface area contributed by atoms with Crippen molar-refractivity contribution in [2.24, 2.45) is 0 Å². The normalized spacial score (nSPS) is 14.8. The Morgan fingerprint density at radius 1 is 1.21 bits per heavy atom. The zero-order chi connectivity index (χ0) is 24.1. The molecular weight excluding hydrogens is 444 g/mol. The van der Waals surface area contributed by atoms with Gasteiger partial charge in [-0.3, -0.25) is 9.78 Å². The molecule has 0 bridgehead atoms. The minimum atomic E-state index is -0.950. The van der Waals surface area contributed by atoms with Crippen molar-refractivity contribution in [2.75, 3.05) is 49.7 Å². The number of hydrogen-bond acceptors (Lipinski definition) is 7. The second-order valence-corrected chi connectivity index (χ2v) is 8.09. The maximum Gasteiger partial charge on any atom is 0.251 e. The zero-order valence-electron chi connectivity index (χ0n) is 18.9. The van der Waals surface area contributed by atoms with Crippen LogP contribution < -0.4 is 15.5 Å². The van der Waals surface area contributed by atoms with Crippen LogP contribution in [0.3, 0.4) is 0 Å². The molecule has 8 nitrogen and oxygen atoms in total. The number of carbonyl (C=O) groups excluding carboxylic acids is 1. The number of aromatic nitrogens is 2. The van der Waals surface area contributed by atoms with E-state index in [1.807, 2.05) is 6.92 Å². The molecule has 1 fully saturated rings. The molecule has 1 aliphatic heterocycles. The number of halogens is 2. The van der Waals surface area contributed by atoms with E-state index < -0.39 is 17.7 Å². The van der Waals surface area contributed by atoms with Crippen molar-refractivity contribution in [3.63, 3.8) is 0 Å². The largest absolute Gasteiger partial charge is 0.396 e. The van der Waals surface area contributed by atoms with E-state index in [9.17, 15) is 13.6 Å². The maximum atomic E-state index is 13.7. The lowest BCUT2D eigenvalue weighted by Crippen LogP contribution is -2.36. The van der Waals surface area contributed by atoms with Crippen LogP contribution >= 0.6 is 0 Å². The van der Waals surface area contributed by atoms with Gasteiger partial charge in [-0.15, -0.1) is 0 Å². The summed E-state index contributed by atoms with van der Waals surface area (Å²) in [5.41, 5.74) is 2.64. The van der Waals surface area contributed by atoms with E-state index in [2.05, 4.69) is 20.5 Å². The average Bonchev–Trinajstić information content (AvgIpc) is 2.85. The molecule has 0 radical (unpaired) electrons. The fraction of sp³-hybridized carbons (Fsp3) is 0.375. The third kappa shape index (κ3) is 5.40. The second kappa shape index (κ2) is 10.7. The molecule has 1 aliphatic rings. The quantitative estimate of drug-likeness (QED) is 0.434. The molecule has 1 saturated heterocycles. The second-order valence-electron chi connectivity index (χ2n) is 8.09. The summed E-state index contributed by atoms with van der Waals surface area (Å²) < 4.78 is 32.5. The Morgan fingerprint density at radius 3 is 2.74 bits per heavy atom. The summed E-state index contributed by atoms with van der Waals surface area (Å²) in [7, 11) is 0. The SMILES string of the molecule is CC(Nc1ccc(F)c(F)c1)c1cc(C(=O)NCCCO)cc2ncc(N3CCOCC3)nc12. The molecule has 1 amide bonds. The van der Waals surface area contributed by atoms with E-state index in [1.54, 1.807) is 18.3 Å². The maximum absolute atomic E-state index is 13.7. The standard InChI is InChI=1S/C24H27F2N5O3/c1-15(29-17-3-4-19(25)20(26)13-17)18-11-16(24(33)27-5-2-8-32)12-21-23(18)30-22(14-28-21)31-6-9-34-10-7-31/h3-4,11-15,29,32H,2,5-10H2,1H3,(H,27,33). The summed E-state index contributed by atoms with van der Waals surface area (Å²) in [5.74, 6) is -1.47. The first-order valence-electron chi connectivity index (χ1n) is 11.2. The molecule has 1 unspecified atom stereocenters. The number of benzene rings is 2. The fourth-order valence-electron chi connectivity index (χ4n) is 3.83. The molecule has 3 N–H and O–H groups in total. The lowest BCUT2D eigenvalue weighted by atomic mass is 10.0. The van der Waals surface area contributed by atoms with Crippen LogP contribution in [-0.2, 0) is 4.74 Å². The molecule has 0 saturated carbocycles. The van der Waals surface area contributed by atoms with Gasteiger partial charge in [-0.1, -0.05) is 0 Å². The van der Waals surface area contributed by atoms with Crippen LogP contribution in [0.1, 0.15) is 35.3 Å². The van der Waals surface area contributed by atoms with Gasteiger partial charge < -0.3 is 25.4 Å². The summed E-state index contributed by atoms with van der Waals surface area (Å²) in [6, 6.07) is 6.60. The number of aliphatic hydroxyl groups is 1. The number of fused-ring (bicyclic) bond motifs is 1. The van der Waals surface area contributed by atoms with Crippen molar-refractivity contribution in [3.05, 3.63) is 59.3 Å². The molecule has 180 valence electrons. The monoisotopic (exact) mass is 471 g/mol. The number of rotatable bonds is 8. The van der Waals surface area contributed by atoms with Crippen LogP contribution in [0.25, 0.3) is 11.0 Å². The molecule has 0 aliphatic carbocycles. The number of aliphatic hydroxyl groups excluding tert-OH is 1. The number of amides is 1. The first kappa shape index (κ1) is 23.8. The van der Waals surface area contributed by atoms with Gasteiger partial charge in [-0.05, 0) is 37.6 Å². The number of nitrogens with zero attached hydrogens (tertiary/aromatic N) is 3. The number of hydrogen-bond donors (Lipinski definition) is 3. The fourth-order valence-corrected chi connectivity index (χ4v) is 3.83. The topological polar surface area (TPSA) is 99.6 Å². The van der Waals surface area contributed by atoms with Crippen molar-refractivity contribution < 1.29 is 23.4 Å². The van der Waals surface area contributed by atoms with Gasteiger partial charge in [-0.25, -0.2) is 13.8 Å². The van der Waals surface area contributed by atoms with Gasteiger partial charge in [0.2, 0.25) is 0 Å². The van der Waals surface area contributed by atoms with E-state index in [1.165, 1.54) is 6.07 Å². The lowest BCUT2D eigenvalue weighted by molar-refractivity contribution is 0.0951. The molecule has 2 heterocycles. The smallest absolute Gasteiger partial charge is 0.251 e. The van der Waals surface area contributed by atoms with Gasteiger partial charge in [0.15, 0.2) is 11.6 Å². The Kier molecular flexibility index (Phi) is 7.49. The number of morpholine rings is 1. The van der Waals surface area contributed by atoms with Gasteiger partial charge in [0.1, 0.15) is 5.82 Å². The van der Waals surface area contributed by atoms with Gasteiger partial charge in [0.05, 0.1) is 36.5 Å². The summed E-state index contributed by atoms with van der Waals surface area (Å²) in [4.78, 5) is 24.2. The van der Waals surface area contributed by atoms with Crippen molar-refractivity contribution in [3.8, 4) is 0 Å². The van der Waals surface area contributed by atoms with E-state index in [0.29, 0.717) is 72.9 Å². The number of anilines is 2. The predicted molar refractivity (Wildman–Crippen MR) is 125 cm³/mol. The van der Waals surface area contributed by atoms with Gasteiger partial charge in [0.25, 0.3) is 5.91 Å². The van der Waals surface area contributed by atoms with Crippen LogP contribution in [0.4, 0.5) is 20.3 Å². The predicted octanol–water partition coefficient (Wildman–Crippen LogP) is 3.03. The first-order valence-corrected chi connectivity index (χ1v) is 11.2. The minimum absolute atomic E-state index is 0.0196. The molecular formula is C24H27F2N5O3. The number of ether oxygens (including phenoxy) is 1. The molecule has 10 heteroatoms. The highest BCUT2D eigenvalue weighted by Crippen LogP contribution is 2.29. The average molecular weight is 472 g/mol. The number of nitrogens with one attached hydrogen (secondary N) is 2. The molecule has 3 aromatic rings. The van der Waals surface area contributed by atoms with E-state index >= 15 is 0 Å². The van der Waals surface area contributed by atoms with Gasteiger partial charge in [-0.2, -0.15) is 0 Å². The zero-order valence-corrected chi connectivity index (χ0v) is 18.9. The van der Waals surface area contributed by atoms with E-state index in [4.69, 9.17) is 14.8 Å². The van der Waals surface area contributed by atoms with E-state index in [-0.39, 0.29) is 12.5 Å². The Hall–Kier alpha value is -3.37. The molecule has 1 aromatic heterocycles. The Balaban J connectivity index is 1.72. The molecule has 1 atom stereocenters. The highest BCUT2D eigenvalue weighted by Gasteiger charge is 2.20. The van der Waals surface area contributed by atoms with Crippen LogP contribution in [0.2, 0.25) is 0 Å². The molecule has 4 rings (SSSR count). The number of carbonyl (C=O) groups is 1. The molecule has 2 aromatic carbocycles. The van der Waals surface area contributed by atoms with Crippen molar-refractivity contribution in [2.45, 2.75) is 19.4 Å². The van der Waals surface area contributed by atoms with E-state index in [0.717, 1.165) is 12.1 Å². The van der Waals surface area contributed by atoms with Crippen molar-refractivity contribution >= 4 is 28.4 Å². The highest BCUT2D eigenvalue weighted by molar-refractivity contribution is 5.98. The van der Waals surface area contributed by atoms with Crippen molar-refractivity contribution in [1.29, 1.82) is 0 Å². The van der Waals surface area contributed by atoms with Crippen LogP contribution in [0.15, 0.2) is 36.5 Å². The summed E-state index contributed by atoms with van der Waals surface area (Å²) in [6.07, 6.45) is 2.13. The summed E-state index contributed by atoms with van der Waals surface area (Å²) in [6.45, 7) is 4.78. The van der Waals surface area contributed by atoms with Crippen LogP contribution in [-0.4, -0.2) is 60.4 Å². The minimum Gasteiger partial charge on any atom is -0.396 e. The third-order valence-electron chi connectivity index (χ3n) is 5.65. The molecule has 0 spiro atoms. The highest BCUT2D eigenvalue weighted by atomic mass is 19.2. The third-order valence-corrected chi connectivity index (χ3v) is 5.65. The first-order chi connectivity index (χ1) is 16.5. The Bertz CT molecular complexity index is 1170. The molecule has 34 heavy (non-hydrogen) atoms. The van der Waals surface area contributed by atoms with Crippen molar-refractivity contribution in [1.82, 2.24) is 15.3 Å². The van der Waals surface area contributed by atoms with Gasteiger partial charge in [0, 0.05) is 49.1 Å². The van der Waals surface area contributed by atoms with Crippen LogP contribution in [0.5, 0.6) is 0 Å².